The zero-order chi connectivity index (χ0) is 13.2. The van der Waals surface area contributed by atoms with E-state index >= 15 is 0 Å². The Kier molecular flexibility index (Phi) is 3.13. The zero-order valence-electron chi connectivity index (χ0n) is 11.1. The first-order valence-corrected chi connectivity index (χ1v) is 6.31. The quantitative estimate of drug-likeness (QED) is 0.880. The van der Waals surface area contributed by atoms with E-state index in [1.54, 1.807) is 20.5 Å². The number of fused-ring (bicyclic) bond motifs is 1. The normalized spacial score (nSPS) is 17.9. The van der Waals surface area contributed by atoms with Crippen LogP contribution in [0.2, 0.25) is 0 Å². The maximum Gasteiger partial charge on any atom is 0.165 e. The van der Waals surface area contributed by atoms with Gasteiger partial charge in [-0.2, -0.15) is 0 Å². The fraction of sp³-hybridized carbons (Fsp3) is 0.357. The Morgan fingerprint density at radius 2 is 2.16 bits per heavy atom. The zero-order valence-corrected chi connectivity index (χ0v) is 11.1. The Labute approximate surface area is 112 Å². The van der Waals surface area contributed by atoms with Crippen LogP contribution in [0, 0.1) is 0 Å². The summed E-state index contributed by atoms with van der Waals surface area (Å²) in [4.78, 5) is 7.63. The van der Waals surface area contributed by atoms with E-state index in [1.165, 1.54) is 5.69 Å². The third-order valence-corrected chi connectivity index (χ3v) is 3.49. The molecule has 19 heavy (non-hydrogen) atoms. The predicted molar refractivity (Wildman–Crippen MR) is 71.7 cm³/mol. The van der Waals surface area contributed by atoms with Crippen molar-refractivity contribution in [2.24, 2.45) is 0 Å². The van der Waals surface area contributed by atoms with Crippen LogP contribution in [-0.4, -0.2) is 30.7 Å². The van der Waals surface area contributed by atoms with Crippen molar-refractivity contribution in [2.75, 3.05) is 20.8 Å². The summed E-state index contributed by atoms with van der Waals surface area (Å²) in [6.45, 7) is 0.917. The lowest BCUT2D eigenvalue weighted by molar-refractivity contribution is 0.348. The number of aromatic nitrogens is 2. The maximum atomic E-state index is 5.51. The standard InChI is InChI=1S/C14H17N3O2/c1-18-11-5-3-4-9(14(11)19-2)12-13-10(6-7-15-12)16-8-17-13/h3-5,8,12,15H,6-7H2,1-2H3,(H,16,17)/t12-/m1/s1. The van der Waals surface area contributed by atoms with Crippen LogP contribution in [-0.2, 0) is 6.42 Å². The molecule has 0 aliphatic carbocycles. The highest BCUT2D eigenvalue weighted by Crippen LogP contribution is 2.38. The lowest BCUT2D eigenvalue weighted by Crippen LogP contribution is -2.31. The first-order valence-electron chi connectivity index (χ1n) is 6.31. The second-order valence-corrected chi connectivity index (χ2v) is 4.49. The van der Waals surface area contributed by atoms with Crippen molar-refractivity contribution < 1.29 is 9.47 Å². The van der Waals surface area contributed by atoms with Crippen LogP contribution in [0.15, 0.2) is 24.5 Å². The molecule has 0 radical (unpaired) electrons. The van der Waals surface area contributed by atoms with E-state index in [4.69, 9.17) is 9.47 Å². The number of nitrogens with zero attached hydrogens (tertiary/aromatic N) is 1. The van der Waals surface area contributed by atoms with Gasteiger partial charge in [0.1, 0.15) is 0 Å². The molecule has 0 unspecified atom stereocenters. The van der Waals surface area contributed by atoms with Gasteiger partial charge in [0.05, 0.1) is 32.3 Å². The van der Waals surface area contributed by atoms with Gasteiger partial charge in [-0.1, -0.05) is 12.1 Å². The van der Waals surface area contributed by atoms with E-state index in [-0.39, 0.29) is 6.04 Å². The van der Waals surface area contributed by atoms with Crippen molar-refractivity contribution in [3.8, 4) is 11.5 Å². The first-order chi connectivity index (χ1) is 9.35. The van der Waals surface area contributed by atoms with Gasteiger partial charge >= 0.3 is 0 Å². The van der Waals surface area contributed by atoms with E-state index in [0.29, 0.717) is 0 Å². The summed E-state index contributed by atoms with van der Waals surface area (Å²) >= 11 is 0. The highest BCUT2D eigenvalue weighted by Gasteiger charge is 2.27. The minimum absolute atomic E-state index is 0.0417. The number of ether oxygens (including phenoxy) is 2. The van der Waals surface area contributed by atoms with E-state index in [9.17, 15) is 0 Å². The summed E-state index contributed by atoms with van der Waals surface area (Å²) in [6, 6.07) is 5.96. The third-order valence-electron chi connectivity index (χ3n) is 3.49. The fourth-order valence-corrected chi connectivity index (χ4v) is 2.62. The number of hydrogen-bond acceptors (Lipinski definition) is 4. The lowest BCUT2D eigenvalue weighted by atomic mass is 9.97. The molecule has 2 heterocycles. The molecule has 1 aliphatic rings. The molecular formula is C14H17N3O2. The molecule has 0 saturated carbocycles. The number of aromatic amines is 1. The van der Waals surface area contributed by atoms with E-state index in [0.717, 1.165) is 35.7 Å². The Morgan fingerprint density at radius 1 is 1.26 bits per heavy atom. The van der Waals surface area contributed by atoms with Crippen LogP contribution in [0.25, 0.3) is 0 Å². The van der Waals surface area contributed by atoms with Gasteiger partial charge in [0.15, 0.2) is 11.5 Å². The number of para-hydroxylation sites is 1. The topological polar surface area (TPSA) is 59.2 Å². The van der Waals surface area contributed by atoms with Gasteiger partial charge in [-0.25, -0.2) is 4.98 Å². The minimum atomic E-state index is 0.0417. The molecule has 5 nitrogen and oxygen atoms in total. The minimum Gasteiger partial charge on any atom is -0.493 e. The summed E-state index contributed by atoms with van der Waals surface area (Å²) < 4.78 is 10.9. The van der Waals surface area contributed by atoms with Crippen LogP contribution >= 0.6 is 0 Å². The number of H-pyrrole nitrogens is 1. The molecule has 2 N–H and O–H groups in total. The summed E-state index contributed by atoms with van der Waals surface area (Å²) in [5.41, 5.74) is 3.28. The van der Waals surface area contributed by atoms with Crippen LogP contribution < -0.4 is 14.8 Å². The van der Waals surface area contributed by atoms with Gasteiger partial charge in [-0.05, 0) is 6.07 Å². The van der Waals surface area contributed by atoms with Crippen molar-refractivity contribution in [1.29, 1.82) is 0 Å². The van der Waals surface area contributed by atoms with E-state index < -0.39 is 0 Å². The molecule has 1 aliphatic heterocycles. The van der Waals surface area contributed by atoms with Crippen molar-refractivity contribution >= 4 is 0 Å². The lowest BCUT2D eigenvalue weighted by Gasteiger charge is -2.25. The largest absolute Gasteiger partial charge is 0.493 e. The molecule has 2 aromatic rings. The Bertz CT molecular complexity index is 580. The van der Waals surface area contributed by atoms with Crippen LogP contribution in [0.4, 0.5) is 0 Å². The first kappa shape index (κ1) is 12.0. The molecule has 1 aromatic heterocycles. The Hall–Kier alpha value is -2.01. The summed E-state index contributed by atoms with van der Waals surface area (Å²) in [6.07, 6.45) is 2.72. The number of hydrogen-bond donors (Lipinski definition) is 2. The molecule has 100 valence electrons. The summed E-state index contributed by atoms with van der Waals surface area (Å²) in [5.74, 6) is 1.50. The maximum absolute atomic E-state index is 5.51. The molecule has 0 fully saturated rings. The van der Waals surface area contributed by atoms with Crippen molar-refractivity contribution in [1.82, 2.24) is 15.3 Å². The molecule has 1 aromatic carbocycles. The average Bonchev–Trinajstić information content (AvgIpc) is 2.94. The second kappa shape index (κ2) is 4.93. The molecule has 0 amide bonds. The van der Waals surface area contributed by atoms with Crippen LogP contribution in [0.1, 0.15) is 23.0 Å². The fourth-order valence-electron chi connectivity index (χ4n) is 2.62. The molecule has 0 saturated heterocycles. The highest BCUT2D eigenvalue weighted by atomic mass is 16.5. The monoisotopic (exact) mass is 259 g/mol. The molecule has 0 bridgehead atoms. The van der Waals surface area contributed by atoms with Crippen LogP contribution in [0.5, 0.6) is 11.5 Å². The number of benzene rings is 1. The van der Waals surface area contributed by atoms with Crippen molar-refractivity contribution in [3.05, 3.63) is 41.5 Å². The second-order valence-electron chi connectivity index (χ2n) is 4.49. The Balaban J connectivity index is 2.09. The Morgan fingerprint density at radius 3 is 2.95 bits per heavy atom. The molecule has 0 spiro atoms. The third kappa shape index (κ3) is 1.96. The predicted octanol–water partition coefficient (Wildman–Crippen LogP) is 1.66. The van der Waals surface area contributed by atoms with Crippen LogP contribution in [0.3, 0.4) is 0 Å². The van der Waals surface area contributed by atoms with Gasteiger partial charge in [-0.15, -0.1) is 0 Å². The molecule has 3 rings (SSSR count). The summed E-state index contributed by atoms with van der Waals surface area (Å²) in [5, 5.41) is 3.49. The van der Waals surface area contributed by atoms with E-state index in [1.807, 2.05) is 18.2 Å². The number of rotatable bonds is 3. The van der Waals surface area contributed by atoms with E-state index in [2.05, 4.69) is 15.3 Å². The van der Waals surface area contributed by atoms with Crippen molar-refractivity contribution in [2.45, 2.75) is 12.5 Å². The van der Waals surface area contributed by atoms with Crippen molar-refractivity contribution in [3.63, 3.8) is 0 Å². The van der Waals surface area contributed by atoms with Gasteiger partial charge in [0.25, 0.3) is 0 Å². The average molecular weight is 259 g/mol. The summed E-state index contributed by atoms with van der Waals surface area (Å²) in [7, 11) is 3.31. The van der Waals surface area contributed by atoms with Gasteiger partial charge in [0, 0.05) is 24.2 Å². The highest BCUT2D eigenvalue weighted by molar-refractivity contribution is 5.50. The number of imidazole rings is 1. The molecule has 1 atom stereocenters. The molecular weight excluding hydrogens is 242 g/mol. The smallest absolute Gasteiger partial charge is 0.165 e. The number of nitrogens with one attached hydrogen (secondary N) is 2. The number of methoxy groups -OCH3 is 2. The van der Waals surface area contributed by atoms with Gasteiger partial charge in [0.2, 0.25) is 0 Å². The van der Waals surface area contributed by atoms with Gasteiger partial charge in [-0.3, -0.25) is 0 Å². The van der Waals surface area contributed by atoms with Gasteiger partial charge < -0.3 is 19.8 Å². The molecule has 5 heteroatoms. The SMILES string of the molecule is COc1cccc([C@H]2NCCc3[nH]cnc32)c1OC.